The molecule has 0 bridgehead atoms. The van der Waals surface area contributed by atoms with Gasteiger partial charge in [0.25, 0.3) is 0 Å². The molecule has 4 N–H and O–H groups in total. The van der Waals surface area contributed by atoms with Gasteiger partial charge in [0.2, 0.25) is 0 Å². The van der Waals surface area contributed by atoms with E-state index in [0.29, 0.717) is 22.3 Å². The maximum Gasteiger partial charge on any atom is 0.339 e. The SMILES string of the molecule is Cc1cc(C(=O)O)c(O)cc1-c1cc(O)c(C(=O)O)cc1C. The van der Waals surface area contributed by atoms with Gasteiger partial charge in [0, 0.05) is 0 Å². The molecule has 0 radical (unpaired) electrons. The molecule has 0 saturated carbocycles. The number of hydrogen-bond donors (Lipinski definition) is 4. The second-order valence-corrected chi connectivity index (χ2v) is 4.98. The minimum absolute atomic E-state index is 0.217. The molecule has 0 spiro atoms. The van der Waals surface area contributed by atoms with Crippen LogP contribution >= 0.6 is 0 Å². The molecule has 0 aliphatic heterocycles. The monoisotopic (exact) mass is 302 g/mol. The number of carboxylic acids is 2. The van der Waals surface area contributed by atoms with Crippen LogP contribution in [0.3, 0.4) is 0 Å². The molecule has 0 unspecified atom stereocenters. The first-order valence-electron chi connectivity index (χ1n) is 6.36. The minimum Gasteiger partial charge on any atom is -0.507 e. The Morgan fingerprint density at radius 2 is 1.05 bits per heavy atom. The lowest BCUT2D eigenvalue weighted by Crippen LogP contribution is -2.01. The summed E-state index contributed by atoms with van der Waals surface area (Å²) in [6, 6.07) is 5.24. The number of rotatable bonds is 3. The molecule has 0 aliphatic rings. The summed E-state index contributed by atoms with van der Waals surface area (Å²) in [6.07, 6.45) is 0. The largest absolute Gasteiger partial charge is 0.507 e. The Balaban J connectivity index is 2.67. The predicted octanol–water partition coefficient (Wildman–Crippen LogP) is 2.78. The zero-order valence-corrected chi connectivity index (χ0v) is 11.9. The van der Waals surface area contributed by atoms with Crippen molar-refractivity contribution in [3.8, 4) is 22.6 Å². The first kappa shape index (κ1) is 15.4. The van der Waals surface area contributed by atoms with Gasteiger partial charge < -0.3 is 20.4 Å². The molecule has 22 heavy (non-hydrogen) atoms. The third-order valence-electron chi connectivity index (χ3n) is 3.44. The zero-order valence-electron chi connectivity index (χ0n) is 11.9. The fourth-order valence-electron chi connectivity index (χ4n) is 2.32. The first-order chi connectivity index (χ1) is 10.2. The predicted molar refractivity (Wildman–Crippen MR) is 78.6 cm³/mol. The molecule has 2 aromatic rings. The summed E-state index contributed by atoms with van der Waals surface area (Å²) in [7, 11) is 0. The summed E-state index contributed by atoms with van der Waals surface area (Å²) in [5.41, 5.74) is 1.77. The van der Waals surface area contributed by atoms with Crippen molar-refractivity contribution < 1.29 is 30.0 Å². The molecule has 6 heteroatoms. The number of hydrogen-bond acceptors (Lipinski definition) is 4. The van der Waals surface area contributed by atoms with E-state index < -0.39 is 23.4 Å². The normalized spacial score (nSPS) is 10.5. The maximum atomic E-state index is 11.0. The van der Waals surface area contributed by atoms with Crippen molar-refractivity contribution in [3.05, 3.63) is 46.5 Å². The second kappa shape index (κ2) is 5.40. The van der Waals surface area contributed by atoms with Crippen LogP contribution in [0, 0.1) is 13.8 Å². The van der Waals surface area contributed by atoms with Gasteiger partial charge in [-0.25, -0.2) is 9.59 Å². The molecule has 2 aromatic carbocycles. The van der Waals surface area contributed by atoms with E-state index in [9.17, 15) is 19.8 Å². The summed E-state index contributed by atoms with van der Waals surface area (Å²) in [5.74, 6) is -3.27. The van der Waals surface area contributed by atoms with Crippen LogP contribution in [0.1, 0.15) is 31.8 Å². The summed E-state index contributed by atoms with van der Waals surface area (Å²) in [4.78, 5) is 22.0. The fourth-order valence-corrected chi connectivity index (χ4v) is 2.32. The fraction of sp³-hybridized carbons (Fsp3) is 0.125. The highest BCUT2D eigenvalue weighted by Crippen LogP contribution is 2.35. The summed E-state index contributed by atoms with van der Waals surface area (Å²) >= 11 is 0. The molecule has 114 valence electrons. The van der Waals surface area contributed by atoms with Crippen molar-refractivity contribution in [1.29, 1.82) is 0 Å². The number of phenols is 2. The molecule has 0 amide bonds. The van der Waals surface area contributed by atoms with Crippen LogP contribution in [0.15, 0.2) is 24.3 Å². The molecule has 0 fully saturated rings. The van der Waals surface area contributed by atoms with E-state index in [0.717, 1.165) is 0 Å². The Bertz CT molecular complexity index is 724. The Morgan fingerprint density at radius 1 is 0.727 bits per heavy atom. The third-order valence-corrected chi connectivity index (χ3v) is 3.44. The Labute approximate surface area is 125 Å². The molecular weight excluding hydrogens is 288 g/mol. The lowest BCUT2D eigenvalue weighted by Gasteiger charge is -2.13. The summed E-state index contributed by atoms with van der Waals surface area (Å²) < 4.78 is 0. The topological polar surface area (TPSA) is 115 Å². The molecule has 2 rings (SSSR count). The number of benzene rings is 2. The molecule has 0 aromatic heterocycles. The van der Waals surface area contributed by atoms with E-state index in [-0.39, 0.29) is 11.1 Å². The van der Waals surface area contributed by atoms with Gasteiger partial charge in [-0.05, 0) is 60.4 Å². The van der Waals surface area contributed by atoms with Gasteiger partial charge in [0.05, 0.1) is 0 Å². The highest BCUT2D eigenvalue weighted by Gasteiger charge is 2.17. The van der Waals surface area contributed by atoms with Crippen molar-refractivity contribution >= 4 is 11.9 Å². The van der Waals surface area contributed by atoms with E-state index in [2.05, 4.69) is 0 Å². The zero-order chi connectivity index (χ0) is 16.6. The molecule has 0 heterocycles. The number of aromatic carboxylic acids is 2. The minimum atomic E-state index is -1.24. The highest BCUT2D eigenvalue weighted by molar-refractivity contribution is 5.94. The van der Waals surface area contributed by atoms with Crippen LogP contribution in [0.25, 0.3) is 11.1 Å². The van der Waals surface area contributed by atoms with Gasteiger partial charge in [0.1, 0.15) is 22.6 Å². The van der Waals surface area contributed by atoms with Gasteiger partial charge in [0.15, 0.2) is 0 Å². The Kier molecular flexibility index (Phi) is 3.77. The van der Waals surface area contributed by atoms with Crippen LogP contribution < -0.4 is 0 Å². The van der Waals surface area contributed by atoms with Crippen LogP contribution in [0.5, 0.6) is 11.5 Å². The van der Waals surface area contributed by atoms with E-state index in [1.807, 2.05) is 0 Å². The van der Waals surface area contributed by atoms with Crippen molar-refractivity contribution in [2.75, 3.05) is 0 Å². The average molecular weight is 302 g/mol. The first-order valence-corrected chi connectivity index (χ1v) is 6.36. The summed E-state index contributed by atoms with van der Waals surface area (Å²) in [5, 5.41) is 37.6. The second-order valence-electron chi connectivity index (χ2n) is 4.98. The van der Waals surface area contributed by atoms with Gasteiger partial charge >= 0.3 is 11.9 Å². The number of aromatic hydroxyl groups is 2. The molecule has 0 atom stereocenters. The van der Waals surface area contributed by atoms with Crippen LogP contribution in [-0.4, -0.2) is 32.4 Å². The third kappa shape index (κ3) is 2.58. The maximum absolute atomic E-state index is 11.0. The van der Waals surface area contributed by atoms with Crippen molar-refractivity contribution in [2.45, 2.75) is 13.8 Å². The molecular formula is C16H14O6. The van der Waals surface area contributed by atoms with Gasteiger partial charge in [-0.2, -0.15) is 0 Å². The lowest BCUT2D eigenvalue weighted by atomic mass is 9.93. The molecule has 0 saturated heterocycles. The van der Waals surface area contributed by atoms with Crippen LogP contribution in [0.4, 0.5) is 0 Å². The quantitative estimate of drug-likeness (QED) is 0.693. The van der Waals surface area contributed by atoms with Crippen LogP contribution in [-0.2, 0) is 0 Å². The highest BCUT2D eigenvalue weighted by atomic mass is 16.4. The Hall–Kier alpha value is -3.02. The van der Waals surface area contributed by atoms with Gasteiger partial charge in [-0.3, -0.25) is 0 Å². The molecule has 6 nitrogen and oxygen atoms in total. The van der Waals surface area contributed by atoms with Gasteiger partial charge in [-0.1, -0.05) is 0 Å². The lowest BCUT2D eigenvalue weighted by molar-refractivity contribution is 0.0682. The van der Waals surface area contributed by atoms with E-state index in [4.69, 9.17) is 10.2 Å². The number of carboxylic acid groups (broad SMARTS) is 2. The van der Waals surface area contributed by atoms with Crippen molar-refractivity contribution in [1.82, 2.24) is 0 Å². The number of carbonyl (C=O) groups is 2. The number of aryl methyl sites for hydroxylation is 2. The van der Waals surface area contributed by atoms with Crippen LogP contribution in [0.2, 0.25) is 0 Å². The summed E-state index contributed by atoms with van der Waals surface area (Å²) in [6.45, 7) is 3.34. The Morgan fingerprint density at radius 3 is 1.32 bits per heavy atom. The van der Waals surface area contributed by atoms with Gasteiger partial charge in [-0.15, -0.1) is 0 Å². The van der Waals surface area contributed by atoms with E-state index >= 15 is 0 Å². The van der Waals surface area contributed by atoms with E-state index in [1.165, 1.54) is 24.3 Å². The van der Waals surface area contributed by atoms with E-state index in [1.54, 1.807) is 13.8 Å². The standard InChI is InChI=1S/C16H14O6/c1-7-3-11(15(19)20)13(17)5-9(7)10-6-14(18)12(16(21)22)4-8(10)2/h3-6,17-18H,1-2H3,(H,19,20)(H,21,22). The van der Waals surface area contributed by atoms with Crippen molar-refractivity contribution in [3.63, 3.8) is 0 Å². The average Bonchev–Trinajstić information content (AvgIpc) is 2.42. The molecule has 0 aliphatic carbocycles. The smallest absolute Gasteiger partial charge is 0.339 e. The van der Waals surface area contributed by atoms with Crippen molar-refractivity contribution in [2.24, 2.45) is 0 Å².